The van der Waals surface area contributed by atoms with Gasteiger partial charge < -0.3 is 30.3 Å². The van der Waals surface area contributed by atoms with Crippen LogP contribution in [0.5, 0.6) is 11.5 Å². The number of methoxy groups -OCH3 is 1. The molecule has 0 saturated carbocycles. The Hall–Kier alpha value is -3.54. The summed E-state index contributed by atoms with van der Waals surface area (Å²) >= 11 is 1.49. The Morgan fingerprint density at radius 1 is 1.14 bits per heavy atom. The third-order valence-electron chi connectivity index (χ3n) is 8.73. The predicted molar refractivity (Wildman–Crippen MR) is 166 cm³/mol. The molecule has 0 spiro atoms. The maximum Gasteiger partial charge on any atom is 0.326 e. The number of para-hydroxylation sites is 1. The first-order chi connectivity index (χ1) is 20.8. The van der Waals surface area contributed by atoms with E-state index in [9.17, 15) is 14.4 Å². The predicted octanol–water partition coefficient (Wildman–Crippen LogP) is 4.11. The van der Waals surface area contributed by atoms with E-state index in [1.807, 2.05) is 72.2 Å². The van der Waals surface area contributed by atoms with Gasteiger partial charge in [0.1, 0.15) is 11.5 Å². The van der Waals surface area contributed by atoms with E-state index < -0.39 is 0 Å². The largest absolute Gasteiger partial charge is 0.457 e. The zero-order valence-corrected chi connectivity index (χ0v) is 25.6. The average Bonchev–Trinajstić information content (AvgIpc) is 3.38. The fourth-order valence-corrected chi connectivity index (χ4v) is 7.92. The van der Waals surface area contributed by atoms with E-state index in [4.69, 9.17) is 9.47 Å². The molecule has 4 aliphatic rings. The standard InChI is InChI=1S/C32H39N5O5S/c1-19-16-23(42-22-9-5-4-6-10-22)11-12-24(19)37-25-13-14-33-31-27(25)28(35-32(37)40)29(43-31)30(39)34-21-8-7-15-36(18-21)26(38)17-20(2)41-3/h4-6,9-12,16,20-21,25,27,31,33H,7-8,13-15,17-18H2,1-3H3,(H,34,39)(H,35,40)/t20?,21-,25?,27?,31?/m1/s1. The van der Waals surface area contributed by atoms with Crippen LogP contribution in [0.2, 0.25) is 0 Å². The minimum Gasteiger partial charge on any atom is -0.457 e. The van der Waals surface area contributed by atoms with Crippen molar-refractivity contribution in [3.8, 4) is 11.5 Å². The number of hydrogen-bond acceptors (Lipinski definition) is 7. The van der Waals surface area contributed by atoms with E-state index in [0.29, 0.717) is 35.9 Å². The van der Waals surface area contributed by atoms with Gasteiger partial charge >= 0.3 is 6.03 Å². The van der Waals surface area contributed by atoms with E-state index in [0.717, 1.165) is 42.8 Å². The van der Waals surface area contributed by atoms with Crippen LogP contribution in [0, 0.1) is 12.8 Å². The molecule has 4 unspecified atom stereocenters. The molecule has 2 aromatic carbocycles. The van der Waals surface area contributed by atoms with Gasteiger partial charge in [0.25, 0.3) is 5.91 Å². The maximum atomic E-state index is 13.7. The number of carbonyl (C=O) groups is 3. The molecule has 0 aliphatic carbocycles. The first-order valence-electron chi connectivity index (χ1n) is 15.0. The van der Waals surface area contributed by atoms with Crippen LogP contribution in [0.1, 0.15) is 38.2 Å². The third-order valence-corrected chi connectivity index (χ3v) is 10.1. The summed E-state index contributed by atoms with van der Waals surface area (Å²) in [7, 11) is 1.60. The lowest BCUT2D eigenvalue weighted by Crippen LogP contribution is -2.62. The normalized spacial score (nSPS) is 25.6. The third kappa shape index (κ3) is 6.11. The van der Waals surface area contributed by atoms with Gasteiger partial charge in [0.15, 0.2) is 0 Å². The summed E-state index contributed by atoms with van der Waals surface area (Å²) in [6.07, 6.45) is 2.58. The second-order valence-corrected chi connectivity index (χ2v) is 12.8. The van der Waals surface area contributed by atoms with Crippen LogP contribution in [0.15, 0.2) is 59.1 Å². The van der Waals surface area contributed by atoms with Gasteiger partial charge in [-0.3, -0.25) is 14.5 Å². The van der Waals surface area contributed by atoms with Crippen molar-refractivity contribution < 1.29 is 23.9 Å². The van der Waals surface area contributed by atoms with E-state index in [1.54, 1.807) is 7.11 Å². The van der Waals surface area contributed by atoms with Gasteiger partial charge in [-0.05, 0) is 75.5 Å². The summed E-state index contributed by atoms with van der Waals surface area (Å²) in [5, 5.41) is 9.81. The van der Waals surface area contributed by atoms with Gasteiger partial charge in [-0.2, -0.15) is 0 Å². The summed E-state index contributed by atoms with van der Waals surface area (Å²) in [4.78, 5) is 44.3. The number of nitrogens with zero attached hydrogens (tertiary/aromatic N) is 2. The number of amides is 4. The molecule has 4 heterocycles. The maximum absolute atomic E-state index is 13.7. The highest BCUT2D eigenvalue weighted by molar-refractivity contribution is 8.04. The SMILES string of the molecule is COC(C)CC(=O)N1CCC[C@@H](NC(=O)C2=C3NC(=O)N(c4ccc(Oc5ccccc5)cc4C)C4CCNC(S2)C34)C1. The highest BCUT2D eigenvalue weighted by Gasteiger charge is 2.52. The lowest BCUT2D eigenvalue weighted by molar-refractivity contribution is -0.135. The number of nitrogens with one attached hydrogen (secondary N) is 3. The Labute approximate surface area is 256 Å². The Balaban J connectivity index is 1.17. The van der Waals surface area contributed by atoms with Gasteiger partial charge in [-0.15, -0.1) is 0 Å². The summed E-state index contributed by atoms with van der Waals surface area (Å²) in [5.41, 5.74) is 2.47. The van der Waals surface area contributed by atoms with Crippen molar-refractivity contribution in [1.82, 2.24) is 20.9 Å². The number of rotatable bonds is 8. The molecule has 3 N–H and O–H groups in total. The summed E-state index contributed by atoms with van der Waals surface area (Å²) < 4.78 is 11.3. The Morgan fingerprint density at radius 2 is 1.95 bits per heavy atom. The number of carbonyl (C=O) groups excluding carboxylic acids is 3. The number of benzene rings is 2. The first-order valence-corrected chi connectivity index (χ1v) is 15.9. The van der Waals surface area contributed by atoms with Crippen molar-refractivity contribution in [3.63, 3.8) is 0 Å². The lowest BCUT2D eigenvalue weighted by atomic mass is 9.86. The van der Waals surface area contributed by atoms with E-state index in [1.165, 1.54) is 11.8 Å². The number of thioether (sulfide) groups is 1. The molecule has 0 bridgehead atoms. The molecule has 43 heavy (non-hydrogen) atoms. The molecule has 0 aromatic heterocycles. The molecule has 3 fully saturated rings. The van der Waals surface area contributed by atoms with Crippen molar-refractivity contribution in [2.45, 2.75) is 63.1 Å². The number of anilines is 1. The van der Waals surface area contributed by atoms with Crippen LogP contribution in [-0.4, -0.2) is 73.1 Å². The lowest BCUT2D eigenvalue weighted by Gasteiger charge is -2.46. The smallest absolute Gasteiger partial charge is 0.326 e. The fraction of sp³-hybridized carbons (Fsp3) is 0.469. The molecule has 5 atom stereocenters. The quantitative estimate of drug-likeness (QED) is 0.415. The van der Waals surface area contributed by atoms with Crippen molar-refractivity contribution in [2.24, 2.45) is 5.92 Å². The van der Waals surface area contributed by atoms with Crippen LogP contribution in [0.25, 0.3) is 0 Å². The van der Waals surface area contributed by atoms with Crippen molar-refractivity contribution in [2.75, 3.05) is 31.6 Å². The van der Waals surface area contributed by atoms with Gasteiger partial charge in [0, 0.05) is 43.5 Å². The molecule has 11 heteroatoms. The number of ether oxygens (including phenoxy) is 2. The molecular formula is C32H39N5O5S. The molecule has 228 valence electrons. The Kier molecular flexibility index (Phi) is 8.65. The summed E-state index contributed by atoms with van der Waals surface area (Å²) in [6.45, 7) is 5.78. The van der Waals surface area contributed by atoms with Crippen LogP contribution in [0.3, 0.4) is 0 Å². The second-order valence-electron chi connectivity index (χ2n) is 11.7. The number of likely N-dealkylation sites (tertiary alicyclic amines) is 1. The molecule has 2 aromatic rings. The van der Waals surface area contributed by atoms with Crippen LogP contribution in [0.4, 0.5) is 10.5 Å². The van der Waals surface area contributed by atoms with Crippen molar-refractivity contribution in [3.05, 3.63) is 64.7 Å². The van der Waals surface area contributed by atoms with Crippen LogP contribution in [-0.2, 0) is 14.3 Å². The average molecular weight is 606 g/mol. The highest BCUT2D eigenvalue weighted by Crippen LogP contribution is 2.48. The Morgan fingerprint density at radius 3 is 2.72 bits per heavy atom. The number of piperidine rings is 2. The molecule has 6 rings (SSSR count). The number of aryl methyl sites for hydroxylation is 1. The van der Waals surface area contributed by atoms with Gasteiger partial charge in [-0.25, -0.2) is 4.79 Å². The van der Waals surface area contributed by atoms with Gasteiger partial charge in [0.05, 0.1) is 28.8 Å². The highest BCUT2D eigenvalue weighted by atomic mass is 32.2. The minimum atomic E-state index is -0.230. The topological polar surface area (TPSA) is 112 Å². The molecule has 0 radical (unpaired) electrons. The van der Waals surface area contributed by atoms with Crippen molar-refractivity contribution >= 4 is 35.3 Å². The molecule has 3 saturated heterocycles. The Bertz CT molecular complexity index is 1420. The molecule has 4 amide bonds. The number of urea groups is 1. The fourth-order valence-electron chi connectivity index (χ4n) is 6.52. The van der Waals surface area contributed by atoms with E-state index in [-0.39, 0.29) is 47.3 Å². The molecule has 10 nitrogen and oxygen atoms in total. The summed E-state index contributed by atoms with van der Waals surface area (Å²) in [6, 6.07) is 14.9. The van der Waals surface area contributed by atoms with E-state index >= 15 is 0 Å². The molecular weight excluding hydrogens is 566 g/mol. The van der Waals surface area contributed by atoms with Crippen molar-refractivity contribution in [1.29, 1.82) is 0 Å². The van der Waals surface area contributed by atoms with Crippen LogP contribution < -0.4 is 25.6 Å². The van der Waals surface area contributed by atoms with Gasteiger partial charge in [0.2, 0.25) is 5.91 Å². The van der Waals surface area contributed by atoms with Crippen LogP contribution >= 0.6 is 11.8 Å². The number of hydrogen-bond donors (Lipinski definition) is 3. The first kappa shape index (κ1) is 29.5. The van der Waals surface area contributed by atoms with E-state index in [2.05, 4.69) is 16.0 Å². The van der Waals surface area contributed by atoms with Gasteiger partial charge in [-0.1, -0.05) is 30.0 Å². The zero-order valence-electron chi connectivity index (χ0n) is 24.8. The molecule has 4 aliphatic heterocycles. The second kappa shape index (κ2) is 12.6. The summed E-state index contributed by atoms with van der Waals surface area (Å²) in [5.74, 6) is 1.27. The minimum absolute atomic E-state index is 0.0152. The zero-order chi connectivity index (χ0) is 30.1. The monoisotopic (exact) mass is 605 g/mol.